The molecule has 2 aromatic carbocycles. The summed E-state index contributed by atoms with van der Waals surface area (Å²) in [5, 5.41) is 6.89. The van der Waals surface area contributed by atoms with Crippen LogP contribution in [-0.2, 0) is 22.6 Å². The minimum absolute atomic E-state index is 0.0114. The van der Waals surface area contributed by atoms with Crippen molar-refractivity contribution in [1.29, 1.82) is 0 Å². The summed E-state index contributed by atoms with van der Waals surface area (Å²) in [4.78, 5) is 14.5. The Balaban J connectivity index is 0.00000128. The maximum absolute atomic E-state index is 13.9. The number of methoxy groups -OCH3 is 1. The molecule has 1 saturated heterocycles. The van der Waals surface area contributed by atoms with Crippen molar-refractivity contribution in [2.24, 2.45) is 16.6 Å². The Kier molecular flexibility index (Phi) is 17.3. The lowest BCUT2D eigenvalue weighted by Gasteiger charge is -2.38. The Morgan fingerprint density at radius 1 is 1.09 bits per heavy atom. The predicted octanol–water partition coefficient (Wildman–Crippen LogP) is 7.70. The maximum atomic E-state index is 13.9. The molecule has 0 aliphatic carbocycles. The van der Waals surface area contributed by atoms with Crippen LogP contribution in [0.15, 0.2) is 58.7 Å². The van der Waals surface area contributed by atoms with Gasteiger partial charge in [-0.25, -0.2) is 4.39 Å². The SMILES string of the molecule is CC.CC.COc1ccc(COCC(N2CCC(/C(N)=C(\C)C3=Nc4ccc(F)cc4CC3)CC2)C(F)(F)F)cc1.O=CO. The van der Waals surface area contributed by atoms with Crippen molar-refractivity contribution >= 4 is 17.9 Å². The lowest BCUT2D eigenvalue weighted by molar-refractivity contribution is -0.201. The van der Waals surface area contributed by atoms with Crippen LogP contribution in [0.4, 0.5) is 23.2 Å². The summed E-state index contributed by atoms with van der Waals surface area (Å²) in [5.74, 6) is 0.390. The number of hydrogen-bond donors (Lipinski definition) is 2. The number of hydrogen-bond acceptors (Lipinski definition) is 6. The second kappa shape index (κ2) is 19.8. The smallest absolute Gasteiger partial charge is 0.406 e. The molecule has 0 amide bonds. The molecule has 1 unspecified atom stereocenters. The number of aliphatic imine (C=N–C) groups is 1. The first-order chi connectivity index (χ1) is 21.1. The number of allylic oxidation sites excluding steroid dienone is 2. The maximum Gasteiger partial charge on any atom is 0.406 e. The summed E-state index contributed by atoms with van der Waals surface area (Å²) in [5.41, 5.74) is 11.3. The number of halogens is 4. The molecule has 0 aromatic heterocycles. The molecule has 3 N–H and O–H groups in total. The molecule has 0 saturated carbocycles. The Hall–Kier alpha value is -3.44. The fraction of sp³-hybridized carbons (Fsp3) is 0.515. The van der Waals surface area contributed by atoms with E-state index in [1.54, 1.807) is 37.4 Å². The van der Waals surface area contributed by atoms with Crippen LogP contribution in [0.25, 0.3) is 0 Å². The minimum Gasteiger partial charge on any atom is -0.497 e. The summed E-state index contributed by atoms with van der Waals surface area (Å²) < 4.78 is 65.8. The zero-order valence-electron chi connectivity index (χ0n) is 26.6. The van der Waals surface area contributed by atoms with E-state index in [0.717, 1.165) is 28.1 Å². The van der Waals surface area contributed by atoms with E-state index in [1.165, 1.54) is 17.0 Å². The summed E-state index contributed by atoms with van der Waals surface area (Å²) in [6.45, 7) is 9.90. The van der Waals surface area contributed by atoms with E-state index in [-0.39, 0.29) is 37.9 Å². The standard InChI is InChI=1S/C28H33F4N3O2.2C2H6.CH2O2/c1-18(24-9-5-21-15-22(29)6-10-25(21)34-24)27(33)20-11-13-35(14-12-20)26(28(30,31)32)17-37-16-19-3-7-23(36-2)8-4-19;2*1-2;2-1-3/h3-4,6-8,10,15,20,26H,5,9,11-14,16-17,33H2,1-2H3;2*1-2H3;1H,(H,2,3)/b27-18-;;;. The summed E-state index contributed by atoms with van der Waals surface area (Å²) >= 11 is 0. The quantitative estimate of drug-likeness (QED) is 0.231. The summed E-state index contributed by atoms with van der Waals surface area (Å²) in [6, 6.07) is 9.95. The number of nitrogens with zero attached hydrogens (tertiary/aromatic N) is 2. The topological polar surface area (TPSA) is 97.4 Å². The fourth-order valence-corrected chi connectivity index (χ4v) is 5.00. The van der Waals surface area contributed by atoms with Crippen molar-refractivity contribution in [3.8, 4) is 5.75 Å². The first-order valence-corrected chi connectivity index (χ1v) is 15.0. The van der Waals surface area contributed by atoms with Crippen LogP contribution in [0, 0.1) is 11.7 Å². The lowest BCUT2D eigenvalue weighted by Crippen LogP contribution is -2.52. The molecule has 11 heteroatoms. The van der Waals surface area contributed by atoms with Crippen LogP contribution in [0.3, 0.4) is 0 Å². The Morgan fingerprint density at radius 3 is 2.23 bits per heavy atom. The number of nitrogens with two attached hydrogens (primary N) is 1. The second-order valence-electron chi connectivity index (χ2n) is 9.75. The molecule has 2 aliphatic heterocycles. The van der Waals surface area contributed by atoms with E-state index in [1.807, 2.05) is 34.6 Å². The van der Waals surface area contributed by atoms with Gasteiger partial charge in [0, 0.05) is 17.3 Å². The van der Waals surface area contributed by atoms with Crippen LogP contribution < -0.4 is 10.5 Å². The highest BCUT2D eigenvalue weighted by molar-refractivity contribution is 6.03. The number of carboxylic acid groups (broad SMARTS) is 1. The molecule has 0 spiro atoms. The molecule has 44 heavy (non-hydrogen) atoms. The zero-order valence-corrected chi connectivity index (χ0v) is 26.6. The molecular formula is C33H47F4N3O4. The Bertz CT molecular complexity index is 1190. The highest BCUT2D eigenvalue weighted by atomic mass is 19.4. The highest BCUT2D eigenvalue weighted by Crippen LogP contribution is 2.33. The number of likely N-dealkylation sites (tertiary alicyclic amines) is 1. The van der Waals surface area contributed by atoms with Crippen LogP contribution >= 0.6 is 0 Å². The van der Waals surface area contributed by atoms with Gasteiger partial charge in [-0.15, -0.1) is 0 Å². The number of alkyl halides is 3. The first-order valence-electron chi connectivity index (χ1n) is 15.0. The second-order valence-corrected chi connectivity index (χ2v) is 9.75. The van der Waals surface area contributed by atoms with Gasteiger partial charge in [0.25, 0.3) is 6.47 Å². The predicted molar refractivity (Wildman–Crippen MR) is 167 cm³/mol. The van der Waals surface area contributed by atoms with Crippen molar-refractivity contribution in [2.45, 2.75) is 79.1 Å². The molecule has 4 rings (SSSR count). The number of piperidine rings is 1. The van der Waals surface area contributed by atoms with E-state index in [4.69, 9.17) is 25.1 Å². The Morgan fingerprint density at radius 2 is 1.68 bits per heavy atom. The van der Waals surface area contributed by atoms with Gasteiger partial charge in [-0.05, 0) is 92.7 Å². The fourth-order valence-electron chi connectivity index (χ4n) is 5.00. The van der Waals surface area contributed by atoms with Crippen LogP contribution in [0.2, 0.25) is 0 Å². The van der Waals surface area contributed by atoms with Crippen molar-refractivity contribution in [2.75, 3.05) is 26.8 Å². The van der Waals surface area contributed by atoms with Gasteiger partial charge in [0.1, 0.15) is 17.6 Å². The van der Waals surface area contributed by atoms with E-state index in [9.17, 15) is 17.6 Å². The number of aryl methyl sites for hydroxylation is 1. The molecule has 0 bridgehead atoms. The lowest BCUT2D eigenvalue weighted by atomic mass is 9.88. The van der Waals surface area contributed by atoms with Gasteiger partial charge in [-0.1, -0.05) is 39.8 Å². The highest BCUT2D eigenvalue weighted by Gasteiger charge is 2.44. The molecular weight excluding hydrogens is 578 g/mol. The Labute approximate surface area is 258 Å². The number of ether oxygens (including phenoxy) is 2. The number of carbonyl (C=O) groups is 1. The number of benzene rings is 2. The molecule has 7 nitrogen and oxygen atoms in total. The molecule has 0 radical (unpaired) electrons. The largest absolute Gasteiger partial charge is 0.497 e. The minimum atomic E-state index is -4.40. The van der Waals surface area contributed by atoms with Gasteiger partial charge in [-0.2, -0.15) is 13.2 Å². The van der Waals surface area contributed by atoms with E-state index >= 15 is 0 Å². The number of rotatable bonds is 8. The third kappa shape index (κ3) is 11.6. The number of fused-ring (bicyclic) bond motifs is 1. The molecule has 2 heterocycles. The molecule has 2 aliphatic rings. The van der Waals surface area contributed by atoms with Crippen molar-refractivity contribution in [3.63, 3.8) is 0 Å². The first kappa shape index (κ1) is 38.6. The third-order valence-corrected chi connectivity index (χ3v) is 7.29. The van der Waals surface area contributed by atoms with Crippen molar-refractivity contribution in [3.05, 3.63) is 70.7 Å². The van der Waals surface area contributed by atoms with Crippen molar-refractivity contribution < 1.29 is 36.9 Å². The normalized spacial score (nSPS) is 16.2. The van der Waals surface area contributed by atoms with Gasteiger partial charge in [0.2, 0.25) is 0 Å². The molecule has 246 valence electrons. The summed E-state index contributed by atoms with van der Waals surface area (Å²) in [7, 11) is 1.56. The monoisotopic (exact) mass is 625 g/mol. The summed E-state index contributed by atoms with van der Waals surface area (Å²) in [6.07, 6.45) is -2.00. The van der Waals surface area contributed by atoms with Gasteiger partial charge in [0.05, 0.1) is 26.0 Å². The van der Waals surface area contributed by atoms with Gasteiger partial charge in [0.15, 0.2) is 0 Å². The van der Waals surface area contributed by atoms with Crippen molar-refractivity contribution in [1.82, 2.24) is 4.90 Å². The van der Waals surface area contributed by atoms with E-state index < -0.39 is 18.8 Å². The van der Waals surface area contributed by atoms with Gasteiger partial charge < -0.3 is 20.3 Å². The van der Waals surface area contributed by atoms with Gasteiger partial charge >= 0.3 is 6.18 Å². The molecule has 1 atom stereocenters. The van der Waals surface area contributed by atoms with Crippen LogP contribution in [0.5, 0.6) is 5.75 Å². The third-order valence-electron chi connectivity index (χ3n) is 7.29. The zero-order chi connectivity index (χ0) is 33.3. The molecule has 1 fully saturated rings. The van der Waals surface area contributed by atoms with E-state index in [2.05, 4.69) is 4.99 Å². The molecule has 2 aromatic rings. The van der Waals surface area contributed by atoms with E-state index in [0.29, 0.717) is 37.1 Å². The van der Waals surface area contributed by atoms with Gasteiger partial charge in [-0.3, -0.25) is 14.7 Å². The van der Waals surface area contributed by atoms with Crippen LogP contribution in [0.1, 0.15) is 65.0 Å². The average molecular weight is 626 g/mol. The average Bonchev–Trinajstić information content (AvgIpc) is 3.04. The van der Waals surface area contributed by atoms with Crippen LogP contribution in [-0.4, -0.2) is 61.2 Å².